The van der Waals surface area contributed by atoms with E-state index in [1.54, 1.807) is 0 Å². The number of fused-ring (bicyclic) bond motifs is 2. The van der Waals surface area contributed by atoms with Crippen molar-refractivity contribution in [1.82, 2.24) is 4.57 Å². The summed E-state index contributed by atoms with van der Waals surface area (Å²) >= 11 is 0. The smallest absolute Gasteiger partial charge is 0.0489 e. The Morgan fingerprint density at radius 2 is 1.71 bits per heavy atom. The van der Waals surface area contributed by atoms with Crippen molar-refractivity contribution in [1.29, 1.82) is 0 Å². The quantitative estimate of drug-likeness (QED) is 0.471. The zero-order valence-corrected chi connectivity index (χ0v) is 12.1. The predicted molar refractivity (Wildman–Crippen MR) is 88.1 cm³/mol. The van der Waals surface area contributed by atoms with Gasteiger partial charge >= 0.3 is 0 Å². The van der Waals surface area contributed by atoms with E-state index >= 15 is 0 Å². The van der Waals surface area contributed by atoms with Crippen molar-refractivity contribution in [3.8, 4) is 0 Å². The molecule has 1 nitrogen and oxygen atoms in total. The third kappa shape index (κ3) is 2.11. The minimum absolute atomic E-state index is 0.962. The molecule has 1 heteroatoms. The van der Waals surface area contributed by atoms with Crippen molar-refractivity contribution < 1.29 is 0 Å². The molecule has 1 aromatic heterocycles. The molecule has 21 heavy (non-hydrogen) atoms. The van der Waals surface area contributed by atoms with Gasteiger partial charge in [0.15, 0.2) is 0 Å². The van der Waals surface area contributed by atoms with Gasteiger partial charge < -0.3 is 4.57 Å². The molecule has 0 fully saturated rings. The number of hydrogen-bond donors (Lipinski definition) is 0. The summed E-state index contributed by atoms with van der Waals surface area (Å²) < 4.78 is 2.32. The largest absolute Gasteiger partial charge is 0.343 e. The lowest BCUT2D eigenvalue weighted by molar-refractivity contribution is 0.778. The van der Waals surface area contributed by atoms with Crippen LogP contribution in [0, 0.1) is 6.92 Å². The molecule has 0 N–H and O–H groups in total. The molecule has 1 aliphatic heterocycles. The first-order valence-corrected chi connectivity index (χ1v) is 7.33. The van der Waals surface area contributed by atoms with Gasteiger partial charge in [0.1, 0.15) is 0 Å². The van der Waals surface area contributed by atoms with Crippen molar-refractivity contribution in [3.05, 3.63) is 94.8 Å². The minimum Gasteiger partial charge on any atom is -0.343 e. The van der Waals surface area contributed by atoms with Crippen LogP contribution in [0.4, 0.5) is 0 Å². The van der Waals surface area contributed by atoms with Gasteiger partial charge in [-0.15, -0.1) is 0 Å². The summed E-state index contributed by atoms with van der Waals surface area (Å²) in [4.78, 5) is 0. The van der Waals surface area contributed by atoms with Gasteiger partial charge in [0.25, 0.3) is 0 Å². The second kappa shape index (κ2) is 4.78. The highest BCUT2D eigenvalue weighted by Crippen LogP contribution is 2.33. The Labute approximate surface area is 125 Å². The first kappa shape index (κ1) is 12.2. The van der Waals surface area contributed by atoms with E-state index in [4.69, 9.17) is 0 Å². The number of rotatable bonds is 1. The van der Waals surface area contributed by atoms with Gasteiger partial charge in [-0.1, -0.05) is 54.1 Å². The van der Waals surface area contributed by atoms with E-state index in [0.717, 1.165) is 6.54 Å². The number of aryl methyl sites for hydroxylation is 1. The van der Waals surface area contributed by atoms with Crippen LogP contribution < -0.4 is 0 Å². The normalized spacial score (nSPS) is 14.8. The van der Waals surface area contributed by atoms with Crippen molar-refractivity contribution in [3.63, 3.8) is 0 Å². The maximum Gasteiger partial charge on any atom is 0.0489 e. The Bertz CT molecular complexity index is 819. The second-order valence-corrected chi connectivity index (χ2v) is 5.65. The Morgan fingerprint density at radius 3 is 2.57 bits per heavy atom. The number of nitrogens with zero attached hydrogens (tertiary/aromatic N) is 1. The van der Waals surface area contributed by atoms with E-state index in [-0.39, 0.29) is 0 Å². The molecular formula is C20H17N. The average molecular weight is 271 g/mol. The van der Waals surface area contributed by atoms with Crippen molar-refractivity contribution in [2.75, 3.05) is 0 Å². The fourth-order valence-corrected chi connectivity index (χ4v) is 3.02. The number of aromatic nitrogens is 1. The molecule has 0 saturated carbocycles. The van der Waals surface area contributed by atoms with Crippen LogP contribution >= 0.6 is 0 Å². The number of hydrogen-bond acceptors (Lipinski definition) is 0. The zero-order valence-electron chi connectivity index (χ0n) is 12.1. The molecule has 0 saturated heterocycles. The lowest BCUT2D eigenvalue weighted by Gasteiger charge is -2.22. The summed E-state index contributed by atoms with van der Waals surface area (Å²) in [5, 5.41) is 0. The van der Waals surface area contributed by atoms with E-state index in [1.807, 2.05) is 0 Å². The van der Waals surface area contributed by atoms with Gasteiger partial charge in [-0.05, 0) is 41.8 Å². The molecule has 2 aromatic carbocycles. The van der Waals surface area contributed by atoms with Crippen LogP contribution in [0.25, 0.3) is 11.6 Å². The zero-order chi connectivity index (χ0) is 14.2. The number of benzene rings is 2. The lowest BCUT2D eigenvalue weighted by atomic mass is 9.92. The third-order valence-corrected chi connectivity index (χ3v) is 4.14. The van der Waals surface area contributed by atoms with Crippen LogP contribution in [0.3, 0.4) is 0 Å². The highest BCUT2D eigenvalue weighted by atomic mass is 15.0. The van der Waals surface area contributed by atoms with E-state index in [2.05, 4.69) is 84.4 Å². The molecule has 0 spiro atoms. The predicted octanol–water partition coefficient (Wildman–Crippen LogP) is 4.75. The Morgan fingerprint density at radius 1 is 0.905 bits per heavy atom. The van der Waals surface area contributed by atoms with E-state index < -0.39 is 0 Å². The molecule has 0 bridgehead atoms. The lowest BCUT2D eigenvalue weighted by Crippen LogP contribution is -2.11. The fourth-order valence-electron chi connectivity index (χ4n) is 3.02. The molecule has 0 amide bonds. The Kier molecular flexibility index (Phi) is 2.78. The highest BCUT2D eigenvalue weighted by molar-refractivity contribution is 5.92. The maximum absolute atomic E-state index is 2.32. The van der Waals surface area contributed by atoms with Gasteiger partial charge in [0.2, 0.25) is 0 Å². The fraction of sp³-hybridized carbons (Fsp3) is 0.100. The molecule has 102 valence electrons. The van der Waals surface area contributed by atoms with Crippen LogP contribution in [0.15, 0.2) is 66.9 Å². The molecule has 0 atom stereocenters. The van der Waals surface area contributed by atoms with Gasteiger partial charge in [-0.3, -0.25) is 0 Å². The van der Waals surface area contributed by atoms with E-state index in [1.165, 1.54) is 33.5 Å². The van der Waals surface area contributed by atoms with Gasteiger partial charge in [-0.25, -0.2) is 0 Å². The average Bonchev–Trinajstić information content (AvgIpc) is 2.97. The molecular weight excluding hydrogens is 254 g/mol. The van der Waals surface area contributed by atoms with Crippen LogP contribution in [0.5, 0.6) is 0 Å². The first-order valence-electron chi connectivity index (χ1n) is 7.33. The summed E-state index contributed by atoms with van der Waals surface area (Å²) in [6.07, 6.45) is 4.46. The van der Waals surface area contributed by atoms with Crippen molar-refractivity contribution >= 4 is 11.6 Å². The molecule has 2 heterocycles. The second-order valence-electron chi connectivity index (χ2n) is 5.65. The van der Waals surface area contributed by atoms with Gasteiger partial charge in [0, 0.05) is 24.0 Å². The van der Waals surface area contributed by atoms with Crippen molar-refractivity contribution in [2.24, 2.45) is 0 Å². The topological polar surface area (TPSA) is 4.93 Å². The summed E-state index contributed by atoms with van der Waals surface area (Å²) in [6.45, 7) is 3.09. The SMILES string of the molecule is Cc1ccc(/C=C2\c3ccccc3Cn3cccc32)cc1. The summed E-state index contributed by atoms with van der Waals surface area (Å²) in [5.41, 5.74) is 7.90. The van der Waals surface area contributed by atoms with E-state index in [9.17, 15) is 0 Å². The highest BCUT2D eigenvalue weighted by Gasteiger charge is 2.18. The van der Waals surface area contributed by atoms with E-state index in [0.29, 0.717) is 0 Å². The maximum atomic E-state index is 2.32. The summed E-state index contributed by atoms with van der Waals surface area (Å²) in [6, 6.07) is 21.7. The van der Waals surface area contributed by atoms with Crippen molar-refractivity contribution in [2.45, 2.75) is 13.5 Å². The van der Waals surface area contributed by atoms with Gasteiger partial charge in [-0.2, -0.15) is 0 Å². The molecule has 0 radical (unpaired) electrons. The molecule has 0 aliphatic carbocycles. The monoisotopic (exact) mass is 271 g/mol. The van der Waals surface area contributed by atoms with Crippen LogP contribution in [0.2, 0.25) is 0 Å². The summed E-state index contributed by atoms with van der Waals surface area (Å²) in [5.74, 6) is 0. The Balaban J connectivity index is 1.91. The standard InChI is InChI=1S/C20H17N/c1-15-8-10-16(11-9-15)13-19-18-6-3-2-5-17(18)14-21-12-4-7-20(19)21/h2-13H,14H2,1H3/b19-13+. The van der Waals surface area contributed by atoms with Crippen LogP contribution in [-0.2, 0) is 6.54 Å². The third-order valence-electron chi connectivity index (χ3n) is 4.14. The van der Waals surface area contributed by atoms with Gasteiger partial charge in [0.05, 0.1) is 0 Å². The molecule has 4 rings (SSSR count). The first-order chi connectivity index (χ1) is 10.3. The molecule has 3 aromatic rings. The molecule has 1 aliphatic rings. The van der Waals surface area contributed by atoms with Crippen LogP contribution in [0.1, 0.15) is 27.9 Å². The van der Waals surface area contributed by atoms with Crippen LogP contribution in [-0.4, -0.2) is 4.57 Å². The minimum atomic E-state index is 0.962. The molecule has 0 unspecified atom stereocenters. The Hall–Kier alpha value is -2.54. The summed E-state index contributed by atoms with van der Waals surface area (Å²) in [7, 11) is 0.